The van der Waals surface area contributed by atoms with E-state index in [1.165, 1.54) is 18.4 Å². The number of aryl methyl sites for hydroxylation is 1. The summed E-state index contributed by atoms with van der Waals surface area (Å²) in [6.45, 7) is 2.76. The van der Waals surface area contributed by atoms with Crippen molar-refractivity contribution >= 4 is 0 Å². The van der Waals surface area contributed by atoms with Crippen LogP contribution in [0.5, 0.6) is 11.5 Å². The van der Waals surface area contributed by atoms with Crippen molar-refractivity contribution in [2.45, 2.75) is 86.7 Å². The molecule has 2 bridgehead atoms. The Hall–Kier alpha value is -2.29. The van der Waals surface area contributed by atoms with Crippen molar-refractivity contribution in [3.63, 3.8) is 0 Å². The van der Waals surface area contributed by atoms with E-state index in [-0.39, 0.29) is 23.9 Å². The zero-order chi connectivity index (χ0) is 27.2. The van der Waals surface area contributed by atoms with Crippen LogP contribution < -0.4 is 4.74 Å². The highest BCUT2D eigenvalue weighted by molar-refractivity contribution is 5.62. The number of phenolic OH excluding ortho intramolecular Hbond substituents is 1. The van der Waals surface area contributed by atoms with Crippen LogP contribution in [0.4, 0.5) is 13.2 Å². The molecule has 0 amide bonds. The van der Waals surface area contributed by atoms with Crippen LogP contribution in [0, 0.1) is 5.92 Å². The Morgan fingerprint density at radius 2 is 1.85 bits per heavy atom. The molecule has 2 unspecified atom stereocenters. The maximum Gasteiger partial charge on any atom is 0.416 e. The molecule has 5 nitrogen and oxygen atoms in total. The monoisotopic (exact) mass is 542 g/mol. The zero-order valence-electron chi connectivity index (χ0n) is 22.4. The first-order chi connectivity index (χ1) is 18.6. The fourth-order valence-corrected chi connectivity index (χ4v) is 8.47. The molecule has 2 N–H and O–H groups in total. The molecule has 5 atom stereocenters. The lowest BCUT2D eigenvalue weighted by atomic mass is 9.48. The Morgan fingerprint density at radius 3 is 2.56 bits per heavy atom. The van der Waals surface area contributed by atoms with Gasteiger partial charge in [-0.1, -0.05) is 18.2 Å². The third kappa shape index (κ3) is 3.85. The number of hydrogen-bond acceptors (Lipinski definition) is 5. The van der Waals surface area contributed by atoms with Gasteiger partial charge in [0.15, 0.2) is 11.5 Å². The summed E-state index contributed by atoms with van der Waals surface area (Å²) in [5.41, 5.74) is 1.08. The third-order valence-corrected chi connectivity index (χ3v) is 10.6. The van der Waals surface area contributed by atoms with Crippen molar-refractivity contribution in [1.82, 2.24) is 9.80 Å². The second-order valence-corrected chi connectivity index (χ2v) is 12.7. The molecule has 5 aliphatic rings. The molecule has 2 saturated carbocycles. The summed E-state index contributed by atoms with van der Waals surface area (Å²) in [5, 5.41) is 23.4. The summed E-state index contributed by atoms with van der Waals surface area (Å²) in [7, 11) is 2.09. The molecule has 39 heavy (non-hydrogen) atoms. The topological polar surface area (TPSA) is 56.2 Å². The van der Waals surface area contributed by atoms with Gasteiger partial charge in [-0.15, -0.1) is 0 Å². The molecule has 3 aliphatic carbocycles. The molecule has 2 aromatic carbocycles. The van der Waals surface area contributed by atoms with E-state index in [4.69, 9.17) is 4.74 Å². The van der Waals surface area contributed by atoms with Gasteiger partial charge in [-0.2, -0.15) is 13.2 Å². The van der Waals surface area contributed by atoms with Gasteiger partial charge in [0.1, 0.15) is 6.10 Å². The number of ether oxygens (including phenoxy) is 1. The molecule has 0 radical (unpaired) electrons. The minimum Gasteiger partial charge on any atom is -0.504 e. The first-order valence-electron chi connectivity index (χ1n) is 14.5. The van der Waals surface area contributed by atoms with Gasteiger partial charge in [-0.25, -0.2) is 0 Å². The predicted molar refractivity (Wildman–Crippen MR) is 141 cm³/mol. The summed E-state index contributed by atoms with van der Waals surface area (Å²) >= 11 is 0. The number of aromatic hydroxyl groups is 1. The Kier molecular flexibility index (Phi) is 5.83. The highest BCUT2D eigenvalue weighted by atomic mass is 19.4. The number of rotatable bonds is 7. The molecule has 1 saturated heterocycles. The smallest absolute Gasteiger partial charge is 0.416 e. The molecule has 210 valence electrons. The van der Waals surface area contributed by atoms with Crippen LogP contribution in [0.1, 0.15) is 60.8 Å². The number of aliphatic hydroxyl groups is 1. The fourth-order valence-electron chi connectivity index (χ4n) is 8.47. The third-order valence-electron chi connectivity index (χ3n) is 10.6. The number of piperidine rings is 1. The van der Waals surface area contributed by atoms with E-state index < -0.39 is 22.8 Å². The fraction of sp³-hybridized carbons (Fsp3) is 0.613. The van der Waals surface area contributed by atoms with E-state index in [0.29, 0.717) is 18.6 Å². The normalized spacial score (nSPS) is 33.2. The molecular formula is C31H37F3N2O3. The molecule has 2 aliphatic heterocycles. The van der Waals surface area contributed by atoms with Crippen LogP contribution >= 0.6 is 0 Å². The van der Waals surface area contributed by atoms with Gasteiger partial charge in [-0.3, -0.25) is 9.80 Å². The highest BCUT2D eigenvalue weighted by Crippen LogP contribution is 2.66. The largest absolute Gasteiger partial charge is 0.504 e. The lowest BCUT2D eigenvalue weighted by molar-refractivity contribution is -0.199. The first kappa shape index (κ1) is 25.7. The van der Waals surface area contributed by atoms with Gasteiger partial charge in [0, 0.05) is 24.2 Å². The number of likely N-dealkylation sites (tertiary alicyclic amines) is 1. The van der Waals surface area contributed by atoms with Gasteiger partial charge in [0.05, 0.1) is 16.6 Å². The molecular weight excluding hydrogens is 505 g/mol. The van der Waals surface area contributed by atoms with E-state index in [1.807, 2.05) is 6.07 Å². The van der Waals surface area contributed by atoms with Gasteiger partial charge in [0.25, 0.3) is 0 Å². The lowest BCUT2D eigenvalue weighted by Gasteiger charge is -2.64. The molecule has 8 heteroatoms. The summed E-state index contributed by atoms with van der Waals surface area (Å²) in [6.07, 6.45) is 2.61. The molecule has 3 fully saturated rings. The van der Waals surface area contributed by atoms with Crippen LogP contribution in [0.15, 0.2) is 36.4 Å². The van der Waals surface area contributed by atoms with E-state index in [1.54, 1.807) is 18.2 Å². The van der Waals surface area contributed by atoms with Crippen LogP contribution in [-0.4, -0.2) is 70.5 Å². The van der Waals surface area contributed by atoms with Crippen LogP contribution in [0.25, 0.3) is 0 Å². The summed E-state index contributed by atoms with van der Waals surface area (Å²) < 4.78 is 45.4. The number of halogens is 3. The standard InChI is InChI=1S/C31H37F3N2O3/c1-35(15-2-3-19-6-9-22(10-7-19)31(32,33)34)23-12-13-30(38)25-17-21-8-11-24(37)27-26(21)29(30,28(23)39-27)14-16-36(25)18-20-4-5-20/h6-11,20,23,25,28,37-38H,2-5,12-18H2,1H3/t23?,25-,28?,29+,30-/m1/s1. The number of benzene rings is 2. The van der Waals surface area contributed by atoms with Crippen molar-refractivity contribution in [2.24, 2.45) is 5.92 Å². The molecule has 0 aromatic heterocycles. The van der Waals surface area contributed by atoms with Crippen molar-refractivity contribution in [3.05, 3.63) is 58.7 Å². The summed E-state index contributed by atoms with van der Waals surface area (Å²) in [6, 6.07) is 9.37. The average molecular weight is 543 g/mol. The maximum atomic E-state index is 12.9. The number of alkyl halides is 3. The zero-order valence-corrected chi connectivity index (χ0v) is 22.4. The second-order valence-electron chi connectivity index (χ2n) is 12.7. The number of likely N-dealkylation sites (N-methyl/N-ethyl adjacent to an activating group) is 1. The average Bonchev–Trinajstić information content (AvgIpc) is 3.64. The minimum atomic E-state index is -4.32. The Labute approximate surface area is 227 Å². The second kappa shape index (κ2) is 8.85. The van der Waals surface area contributed by atoms with Gasteiger partial charge >= 0.3 is 6.18 Å². The van der Waals surface area contributed by atoms with Gasteiger partial charge in [0.2, 0.25) is 0 Å². The van der Waals surface area contributed by atoms with Gasteiger partial charge < -0.3 is 14.9 Å². The molecule has 1 spiro atoms. The molecule has 7 rings (SSSR count). The van der Waals surface area contributed by atoms with E-state index >= 15 is 0 Å². The minimum absolute atomic E-state index is 0.0619. The lowest BCUT2D eigenvalue weighted by Crippen LogP contribution is -2.78. The van der Waals surface area contributed by atoms with E-state index in [9.17, 15) is 23.4 Å². The van der Waals surface area contributed by atoms with Crippen molar-refractivity contribution in [3.8, 4) is 11.5 Å². The quantitative estimate of drug-likeness (QED) is 0.521. The first-order valence-corrected chi connectivity index (χ1v) is 14.5. The summed E-state index contributed by atoms with van der Waals surface area (Å²) in [5.74, 6) is 1.47. The Bertz CT molecular complexity index is 1260. The highest BCUT2D eigenvalue weighted by Gasteiger charge is 2.73. The van der Waals surface area contributed by atoms with Crippen LogP contribution in [0.3, 0.4) is 0 Å². The SMILES string of the molecule is CN(CCCc1ccc(C(F)(F)F)cc1)C1CC[C@@]2(O)[C@H]3Cc4ccc(O)c5c4[C@@]2(CCN3CC2CC2)C1O5. The van der Waals surface area contributed by atoms with Crippen LogP contribution in [-0.2, 0) is 24.4 Å². The van der Waals surface area contributed by atoms with Gasteiger partial charge in [-0.05, 0) is 107 Å². The van der Waals surface area contributed by atoms with E-state index in [2.05, 4.69) is 16.8 Å². The molecule has 2 aromatic rings. The Balaban J connectivity index is 1.13. The maximum absolute atomic E-state index is 12.9. The number of hydrogen-bond donors (Lipinski definition) is 2. The summed E-state index contributed by atoms with van der Waals surface area (Å²) in [4.78, 5) is 4.85. The van der Waals surface area contributed by atoms with Crippen molar-refractivity contribution in [2.75, 3.05) is 26.7 Å². The molecule has 2 heterocycles. The number of phenols is 1. The predicted octanol–water partition coefficient (Wildman–Crippen LogP) is 4.91. The van der Waals surface area contributed by atoms with E-state index in [0.717, 1.165) is 74.5 Å². The van der Waals surface area contributed by atoms with Crippen LogP contribution in [0.2, 0.25) is 0 Å². The van der Waals surface area contributed by atoms with Crippen molar-refractivity contribution in [1.29, 1.82) is 0 Å². The Morgan fingerprint density at radius 1 is 1.08 bits per heavy atom. The number of nitrogens with zero attached hydrogens (tertiary/aromatic N) is 2. The van der Waals surface area contributed by atoms with Crippen molar-refractivity contribution < 1.29 is 28.1 Å².